The van der Waals surface area contributed by atoms with Gasteiger partial charge in [-0.25, -0.2) is 13.1 Å². The molecule has 2 rings (SSSR count). The van der Waals surface area contributed by atoms with E-state index in [4.69, 9.17) is 0 Å². The molecule has 0 radical (unpaired) electrons. The number of nitrogens with one attached hydrogen (secondary N) is 2. The van der Waals surface area contributed by atoms with E-state index in [2.05, 4.69) is 26.0 Å². The number of carbonyl (C=O) groups excluding carboxylic acids is 1. The molecule has 0 bridgehead atoms. The third-order valence-electron chi connectivity index (χ3n) is 2.90. The van der Waals surface area contributed by atoms with E-state index in [9.17, 15) is 13.2 Å². The average Bonchev–Trinajstić information content (AvgIpc) is 2.48. The summed E-state index contributed by atoms with van der Waals surface area (Å²) in [6.45, 7) is 3.48. The lowest BCUT2D eigenvalue weighted by Crippen LogP contribution is -2.30. The van der Waals surface area contributed by atoms with Gasteiger partial charge in [-0.05, 0) is 56.3 Å². The molecule has 2 aromatic rings. The molecule has 2 aromatic carbocycles. The minimum absolute atomic E-state index is 0.0645. The fourth-order valence-corrected chi connectivity index (χ4v) is 3.48. The Morgan fingerprint density at radius 2 is 1.74 bits per heavy atom. The summed E-state index contributed by atoms with van der Waals surface area (Å²) < 4.78 is 27.7. The second kappa shape index (κ2) is 7.25. The third-order valence-corrected chi connectivity index (χ3v) is 5.08. The van der Waals surface area contributed by atoms with Gasteiger partial charge in [-0.1, -0.05) is 22.0 Å². The van der Waals surface area contributed by atoms with Crippen LogP contribution in [0, 0.1) is 0 Å². The number of hydrogen-bond donors (Lipinski definition) is 2. The fourth-order valence-electron chi connectivity index (χ4n) is 1.92. The highest BCUT2D eigenvalue weighted by Gasteiger charge is 2.17. The van der Waals surface area contributed by atoms with Crippen LogP contribution < -0.4 is 10.0 Å². The summed E-state index contributed by atoms with van der Waals surface area (Å²) in [5.74, 6) is -0.367. The molecule has 2 N–H and O–H groups in total. The zero-order valence-electron chi connectivity index (χ0n) is 12.7. The zero-order chi connectivity index (χ0) is 17.0. The van der Waals surface area contributed by atoms with Crippen LogP contribution in [0.2, 0.25) is 0 Å². The molecule has 23 heavy (non-hydrogen) atoms. The van der Waals surface area contributed by atoms with Crippen molar-refractivity contribution in [2.24, 2.45) is 0 Å². The first-order valence-corrected chi connectivity index (χ1v) is 9.25. The predicted octanol–water partition coefficient (Wildman–Crippen LogP) is 3.39. The van der Waals surface area contributed by atoms with Gasteiger partial charge in [-0.2, -0.15) is 0 Å². The van der Waals surface area contributed by atoms with Crippen molar-refractivity contribution in [3.63, 3.8) is 0 Å². The normalized spacial score (nSPS) is 11.5. The standard InChI is InChI=1S/C16H17BrN2O3S/c1-11(2)19-23(21,22)15-5-3-4-12(10-15)16(20)18-14-8-6-13(17)7-9-14/h3-11,19H,1-2H3,(H,18,20). The zero-order valence-corrected chi connectivity index (χ0v) is 15.1. The van der Waals surface area contributed by atoms with Crippen LogP contribution in [0.4, 0.5) is 5.69 Å². The van der Waals surface area contributed by atoms with Crippen molar-refractivity contribution in [1.29, 1.82) is 0 Å². The van der Waals surface area contributed by atoms with Crippen LogP contribution in [-0.4, -0.2) is 20.4 Å². The molecule has 0 aliphatic rings. The maximum Gasteiger partial charge on any atom is 0.255 e. The minimum Gasteiger partial charge on any atom is -0.322 e. The van der Waals surface area contributed by atoms with E-state index in [-0.39, 0.29) is 22.4 Å². The topological polar surface area (TPSA) is 75.3 Å². The molecule has 0 aromatic heterocycles. The Morgan fingerprint density at radius 1 is 1.09 bits per heavy atom. The van der Waals surface area contributed by atoms with Crippen LogP contribution in [-0.2, 0) is 10.0 Å². The molecule has 7 heteroatoms. The Bertz CT molecular complexity index is 802. The molecule has 0 saturated carbocycles. The predicted molar refractivity (Wildman–Crippen MR) is 94.0 cm³/mol. The molecule has 0 atom stereocenters. The van der Waals surface area contributed by atoms with Crippen molar-refractivity contribution in [3.05, 3.63) is 58.6 Å². The van der Waals surface area contributed by atoms with E-state index in [0.29, 0.717) is 5.69 Å². The lowest BCUT2D eigenvalue weighted by atomic mass is 10.2. The van der Waals surface area contributed by atoms with Crippen LogP contribution in [0.3, 0.4) is 0 Å². The van der Waals surface area contributed by atoms with E-state index >= 15 is 0 Å². The molecule has 0 heterocycles. The lowest BCUT2D eigenvalue weighted by molar-refractivity contribution is 0.102. The first-order chi connectivity index (χ1) is 10.8. The van der Waals surface area contributed by atoms with Crippen LogP contribution in [0.25, 0.3) is 0 Å². The smallest absolute Gasteiger partial charge is 0.255 e. The highest BCUT2D eigenvalue weighted by atomic mass is 79.9. The number of amides is 1. The minimum atomic E-state index is -3.63. The van der Waals surface area contributed by atoms with Gasteiger partial charge < -0.3 is 5.32 Å². The highest BCUT2D eigenvalue weighted by molar-refractivity contribution is 9.10. The summed E-state index contributed by atoms with van der Waals surface area (Å²) in [5, 5.41) is 2.73. The largest absolute Gasteiger partial charge is 0.322 e. The van der Waals surface area contributed by atoms with Gasteiger partial charge in [0.25, 0.3) is 5.91 Å². The van der Waals surface area contributed by atoms with Gasteiger partial charge >= 0.3 is 0 Å². The summed E-state index contributed by atoms with van der Waals surface area (Å²) in [4.78, 5) is 12.3. The van der Waals surface area contributed by atoms with Gasteiger partial charge in [0.2, 0.25) is 10.0 Å². The fraction of sp³-hybridized carbons (Fsp3) is 0.188. The SMILES string of the molecule is CC(C)NS(=O)(=O)c1cccc(C(=O)Nc2ccc(Br)cc2)c1. The van der Waals surface area contributed by atoms with Gasteiger partial charge in [-0.3, -0.25) is 4.79 Å². The molecule has 0 spiro atoms. The Morgan fingerprint density at radius 3 is 2.35 bits per heavy atom. The molecule has 122 valence electrons. The molecule has 0 fully saturated rings. The molecule has 0 unspecified atom stereocenters. The van der Waals surface area contributed by atoms with Gasteiger partial charge in [0.05, 0.1) is 4.90 Å². The van der Waals surface area contributed by atoms with Crippen molar-refractivity contribution in [2.75, 3.05) is 5.32 Å². The van der Waals surface area contributed by atoms with Gasteiger partial charge in [0.15, 0.2) is 0 Å². The van der Waals surface area contributed by atoms with Gasteiger partial charge in [0, 0.05) is 21.8 Å². The van der Waals surface area contributed by atoms with E-state index in [1.165, 1.54) is 12.1 Å². The van der Waals surface area contributed by atoms with Crippen LogP contribution >= 0.6 is 15.9 Å². The number of sulfonamides is 1. The number of benzene rings is 2. The second-order valence-corrected chi connectivity index (χ2v) is 7.89. The first-order valence-electron chi connectivity index (χ1n) is 6.97. The molecular formula is C16H17BrN2O3S. The number of anilines is 1. The summed E-state index contributed by atoms with van der Waals surface area (Å²) in [7, 11) is -3.63. The quantitative estimate of drug-likeness (QED) is 0.812. The summed E-state index contributed by atoms with van der Waals surface area (Å²) in [6.07, 6.45) is 0. The van der Waals surface area contributed by atoms with E-state index in [1.54, 1.807) is 38.1 Å². The molecule has 0 aliphatic carbocycles. The van der Waals surface area contributed by atoms with E-state index in [1.807, 2.05) is 12.1 Å². The Balaban J connectivity index is 2.22. The summed E-state index contributed by atoms with van der Waals surface area (Å²) in [6, 6.07) is 12.8. The highest BCUT2D eigenvalue weighted by Crippen LogP contribution is 2.17. The van der Waals surface area contributed by atoms with Gasteiger partial charge in [-0.15, -0.1) is 0 Å². The van der Waals surface area contributed by atoms with Crippen molar-refractivity contribution in [2.45, 2.75) is 24.8 Å². The molecular weight excluding hydrogens is 380 g/mol. The average molecular weight is 397 g/mol. The number of halogens is 1. The Hall–Kier alpha value is -1.70. The Labute approximate surface area is 144 Å². The van der Waals surface area contributed by atoms with Crippen molar-refractivity contribution >= 4 is 37.5 Å². The number of rotatable bonds is 5. The monoisotopic (exact) mass is 396 g/mol. The van der Waals surface area contributed by atoms with Crippen molar-refractivity contribution < 1.29 is 13.2 Å². The van der Waals surface area contributed by atoms with Gasteiger partial charge in [0.1, 0.15) is 0 Å². The van der Waals surface area contributed by atoms with Crippen molar-refractivity contribution in [3.8, 4) is 0 Å². The van der Waals surface area contributed by atoms with Crippen LogP contribution in [0.1, 0.15) is 24.2 Å². The second-order valence-electron chi connectivity index (χ2n) is 5.26. The lowest BCUT2D eigenvalue weighted by Gasteiger charge is -2.11. The van der Waals surface area contributed by atoms with Crippen LogP contribution in [0.5, 0.6) is 0 Å². The number of carbonyl (C=O) groups is 1. The summed E-state index contributed by atoms with van der Waals surface area (Å²) in [5.41, 5.74) is 0.909. The molecule has 1 amide bonds. The third kappa shape index (κ3) is 4.89. The first kappa shape index (κ1) is 17.7. The molecule has 0 aliphatic heterocycles. The Kier molecular flexibility index (Phi) is 5.56. The van der Waals surface area contributed by atoms with E-state index in [0.717, 1.165) is 4.47 Å². The maximum atomic E-state index is 12.3. The van der Waals surface area contributed by atoms with Crippen molar-refractivity contribution in [1.82, 2.24) is 4.72 Å². The molecule has 5 nitrogen and oxygen atoms in total. The molecule has 0 saturated heterocycles. The maximum absolute atomic E-state index is 12.3. The summed E-state index contributed by atoms with van der Waals surface area (Å²) >= 11 is 3.32. The van der Waals surface area contributed by atoms with Crippen LogP contribution in [0.15, 0.2) is 57.9 Å². The van der Waals surface area contributed by atoms with E-state index < -0.39 is 10.0 Å². The number of hydrogen-bond acceptors (Lipinski definition) is 3.